The second-order valence-corrected chi connectivity index (χ2v) is 4.98. The molecule has 0 aromatic carbocycles. The summed E-state index contributed by atoms with van der Waals surface area (Å²) in [6.45, 7) is 4.00. The van der Waals surface area contributed by atoms with E-state index in [1.807, 2.05) is 14.0 Å². The van der Waals surface area contributed by atoms with Gasteiger partial charge in [-0.3, -0.25) is 0 Å². The van der Waals surface area contributed by atoms with Crippen LogP contribution in [-0.4, -0.2) is 17.0 Å². The number of nitrogen functional groups attached to an aromatic ring is 1. The molecule has 0 spiro atoms. The molecule has 2 heterocycles. The van der Waals surface area contributed by atoms with E-state index < -0.39 is 0 Å². The highest BCUT2D eigenvalue weighted by Gasteiger charge is 2.15. The summed E-state index contributed by atoms with van der Waals surface area (Å²) in [5, 5.41) is 2.08. The first-order valence-electron chi connectivity index (χ1n) is 5.45. The summed E-state index contributed by atoms with van der Waals surface area (Å²) in [5.74, 6) is 2.07. The number of hydrogen-bond acceptors (Lipinski definition) is 5. The number of hydrogen-bond donors (Lipinski definition) is 1. The molecule has 2 aromatic rings. The third kappa shape index (κ3) is 2.55. The average molecular weight is 248 g/mol. The van der Waals surface area contributed by atoms with E-state index in [4.69, 9.17) is 5.73 Å². The van der Waals surface area contributed by atoms with Crippen LogP contribution in [0.25, 0.3) is 0 Å². The number of thiophene rings is 1. The van der Waals surface area contributed by atoms with Gasteiger partial charge in [0.2, 0.25) is 0 Å². The maximum Gasteiger partial charge on any atom is 0.134 e. The molecule has 0 amide bonds. The van der Waals surface area contributed by atoms with Crippen LogP contribution < -0.4 is 10.6 Å². The lowest BCUT2D eigenvalue weighted by Gasteiger charge is -2.25. The number of aryl methyl sites for hydroxylation is 1. The van der Waals surface area contributed by atoms with Crippen LogP contribution in [0, 0.1) is 6.92 Å². The lowest BCUT2D eigenvalue weighted by atomic mass is 10.2. The van der Waals surface area contributed by atoms with Crippen molar-refractivity contribution in [3.8, 4) is 0 Å². The molecule has 0 fully saturated rings. The molecular weight excluding hydrogens is 232 g/mol. The summed E-state index contributed by atoms with van der Waals surface area (Å²) in [4.78, 5) is 11.9. The Bertz CT molecular complexity index is 475. The second-order valence-electron chi connectivity index (χ2n) is 4.00. The lowest BCUT2D eigenvalue weighted by molar-refractivity contribution is 0.738. The molecule has 2 N–H and O–H groups in total. The van der Waals surface area contributed by atoms with E-state index in [-0.39, 0.29) is 6.04 Å². The smallest absolute Gasteiger partial charge is 0.134 e. The van der Waals surface area contributed by atoms with E-state index >= 15 is 0 Å². The largest absolute Gasteiger partial charge is 0.384 e. The van der Waals surface area contributed by atoms with E-state index in [9.17, 15) is 0 Å². The van der Waals surface area contributed by atoms with Crippen LogP contribution in [0.15, 0.2) is 23.6 Å². The molecule has 0 aliphatic carbocycles. The Labute approximate surface area is 105 Å². The van der Waals surface area contributed by atoms with Crippen molar-refractivity contribution >= 4 is 23.0 Å². The van der Waals surface area contributed by atoms with Gasteiger partial charge >= 0.3 is 0 Å². The Balaban J connectivity index is 2.27. The highest BCUT2D eigenvalue weighted by molar-refractivity contribution is 7.10. The Morgan fingerprint density at radius 2 is 2.18 bits per heavy atom. The average Bonchev–Trinajstić information content (AvgIpc) is 2.79. The molecule has 2 aromatic heterocycles. The van der Waals surface area contributed by atoms with Crippen molar-refractivity contribution in [3.05, 3.63) is 34.3 Å². The molecule has 0 saturated heterocycles. The fourth-order valence-electron chi connectivity index (χ4n) is 1.67. The van der Waals surface area contributed by atoms with Gasteiger partial charge in [-0.2, -0.15) is 0 Å². The monoisotopic (exact) mass is 248 g/mol. The summed E-state index contributed by atoms with van der Waals surface area (Å²) in [6.07, 6.45) is 0. The van der Waals surface area contributed by atoms with Crippen molar-refractivity contribution in [2.45, 2.75) is 19.9 Å². The summed E-state index contributed by atoms with van der Waals surface area (Å²) in [5.41, 5.74) is 5.74. The molecule has 17 heavy (non-hydrogen) atoms. The molecule has 5 heteroatoms. The second kappa shape index (κ2) is 4.71. The van der Waals surface area contributed by atoms with Gasteiger partial charge in [-0.25, -0.2) is 9.97 Å². The normalized spacial score (nSPS) is 12.4. The molecule has 0 bridgehead atoms. The van der Waals surface area contributed by atoms with Crippen molar-refractivity contribution in [1.29, 1.82) is 0 Å². The third-order valence-electron chi connectivity index (χ3n) is 2.74. The van der Waals surface area contributed by atoms with Crippen LogP contribution in [0.1, 0.15) is 23.7 Å². The SMILES string of the molecule is Cc1nc(N)cc(N(C)C(C)c2cccs2)n1. The minimum Gasteiger partial charge on any atom is -0.384 e. The van der Waals surface area contributed by atoms with E-state index in [1.54, 1.807) is 17.4 Å². The molecular formula is C12H16N4S. The molecule has 1 unspecified atom stereocenters. The fourth-order valence-corrected chi connectivity index (χ4v) is 2.50. The van der Waals surface area contributed by atoms with Gasteiger partial charge in [-0.15, -0.1) is 11.3 Å². The zero-order valence-electron chi connectivity index (χ0n) is 10.2. The maximum atomic E-state index is 5.74. The zero-order chi connectivity index (χ0) is 12.4. The molecule has 0 saturated carbocycles. The van der Waals surface area contributed by atoms with Crippen molar-refractivity contribution in [2.75, 3.05) is 17.7 Å². The number of rotatable bonds is 3. The van der Waals surface area contributed by atoms with E-state index in [0.29, 0.717) is 11.6 Å². The molecule has 90 valence electrons. The van der Waals surface area contributed by atoms with Gasteiger partial charge in [0.1, 0.15) is 17.5 Å². The fraction of sp³-hybridized carbons (Fsp3) is 0.333. The summed E-state index contributed by atoms with van der Waals surface area (Å²) < 4.78 is 0. The summed E-state index contributed by atoms with van der Waals surface area (Å²) in [7, 11) is 2.02. The number of nitrogens with zero attached hydrogens (tertiary/aromatic N) is 3. The van der Waals surface area contributed by atoms with E-state index in [2.05, 4.69) is 39.3 Å². The first-order valence-corrected chi connectivity index (χ1v) is 6.33. The number of anilines is 2. The molecule has 1 atom stereocenters. The number of nitrogens with two attached hydrogens (primary N) is 1. The van der Waals surface area contributed by atoms with Crippen molar-refractivity contribution in [3.63, 3.8) is 0 Å². The van der Waals surface area contributed by atoms with Gasteiger partial charge in [-0.05, 0) is 25.3 Å². The lowest BCUT2D eigenvalue weighted by Crippen LogP contribution is -2.22. The maximum absolute atomic E-state index is 5.74. The van der Waals surface area contributed by atoms with Gasteiger partial charge in [0, 0.05) is 18.0 Å². The van der Waals surface area contributed by atoms with Crippen LogP contribution in [0.2, 0.25) is 0 Å². The van der Waals surface area contributed by atoms with E-state index in [0.717, 1.165) is 5.82 Å². The Kier molecular flexibility index (Phi) is 3.28. The summed E-state index contributed by atoms with van der Waals surface area (Å²) >= 11 is 1.75. The van der Waals surface area contributed by atoms with Gasteiger partial charge in [0.05, 0.1) is 6.04 Å². The molecule has 0 radical (unpaired) electrons. The Morgan fingerprint density at radius 1 is 1.41 bits per heavy atom. The predicted molar refractivity (Wildman–Crippen MR) is 72.3 cm³/mol. The highest BCUT2D eigenvalue weighted by atomic mass is 32.1. The third-order valence-corrected chi connectivity index (χ3v) is 3.78. The topological polar surface area (TPSA) is 55.0 Å². The standard InChI is InChI=1S/C12H16N4S/c1-8(10-5-4-6-17-10)16(3)12-7-11(13)14-9(2)15-12/h4-8H,1-3H3,(H2,13,14,15). The van der Waals surface area contributed by atoms with Gasteiger partial charge < -0.3 is 10.6 Å². The van der Waals surface area contributed by atoms with Crippen LogP contribution >= 0.6 is 11.3 Å². The first kappa shape index (κ1) is 11.9. The summed E-state index contributed by atoms with van der Waals surface area (Å²) in [6, 6.07) is 6.27. The van der Waals surface area contributed by atoms with Crippen LogP contribution in [0.4, 0.5) is 11.6 Å². The van der Waals surface area contributed by atoms with Gasteiger partial charge in [0.25, 0.3) is 0 Å². The highest BCUT2D eigenvalue weighted by Crippen LogP contribution is 2.27. The van der Waals surface area contributed by atoms with Crippen LogP contribution in [-0.2, 0) is 0 Å². The van der Waals surface area contributed by atoms with Crippen LogP contribution in [0.3, 0.4) is 0 Å². The minimum absolute atomic E-state index is 0.281. The van der Waals surface area contributed by atoms with Crippen molar-refractivity contribution in [2.24, 2.45) is 0 Å². The van der Waals surface area contributed by atoms with Gasteiger partial charge in [-0.1, -0.05) is 6.07 Å². The van der Waals surface area contributed by atoms with Crippen LogP contribution in [0.5, 0.6) is 0 Å². The molecule has 0 aliphatic rings. The molecule has 4 nitrogen and oxygen atoms in total. The van der Waals surface area contributed by atoms with Gasteiger partial charge in [0.15, 0.2) is 0 Å². The quantitative estimate of drug-likeness (QED) is 0.907. The number of aromatic nitrogens is 2. The van der Waals surface area contributed by atoms with Crippen molar-refractivity contribution < 1.29 is 0 Å². The molecule has 0 aliphatic heterocycles. The minimum atomic E-state index is 0.281. The molecule has 2 rings (SSSR count). The zero-order valence-corrected chi connectivity index (χ0v) is 11.0. The first-order chi connectivity index (χ1) is 8.08. The van der Waals surface area contributed by atoms with E-state index in [1.165, 1.54) is 4.88 Å². The Morgan fingerprint density at radius 3 is 2.76 bits per heavy atom. The Hall–Kier alpha value is -1.62. The predicted octanol–water partition coefficient (Wildman–Crippen LogP) is 2.63. The van der Waals surface area contributed by atoms with Crippen molar-refractivity contribution in [1.82, 2.24) is 9.97 Å².